The predicted molar refractivity (Wildman–Crippen MR) is 127 cm³/mol. The summed E-state index contributed by atoms with van der Waals surface area (Å²) in [5, 5.41) is 3.57. The van der Waals surface area contributed by atoms with Crippen molar-refractivity contribution in [1.29, 1.82) is 0 Å². The average molecular weight is 466 g/mol. The molecule has 0 aliphatic heterocycles. The monoisotopic (exact) mass is 465 g/mol. The topological polar surface area (TPSA) is 110 Å². The van der Waals surface area contributed by atoms with Crippen molar-refractivity contribution in [2.75, 3.05) is 11.9 Å². The number of aryl methyl sites for hydroxylation is 1. The Hall–Kier alpha value is -3.91. The molecule has 0 radical (unpaired) electrons. The molecule has 0 aliphatic rings. The van der Waals surface area contributed by atoms with Crippen molar-refractivity contribution < 1.29 is 14.3 Å². The number of esters is 1. The lowest BCUT2D eigenvalue weighted by Crippen LogP contribution is -2.23. The van der Waals surface area contributed by atoms with Crippen LogP contribution in [-0.2, 0) is 11.3 Å². The van der Waals surface area contributed by atoms with Gasteiger partial charge in [-0.15, -0.1) is 0 Å². The molecular formula is C24H20ClN3O5. The number of carbonyl (C=O) groups is 2. The van der Waals surface area contributed by atoms with Crippen LogP contribution < -0.4 is 16.2 Å². The lowest BCUT2D eigenvalue weighted by molar-refractivity contribution is 0.0524. The van der Waals surface area contributed by atoms with Gasteiger partial charge in [-0.3, -0.25) is 14.4 Å². The molecule has 0 unspecified atom stereocenters. The van der Waals surface area contributed by atoms with Crippen molar-refractivity contribution in [3.8, 4) is 0 Å². The molecule has 0 atom stereocenters. The summed E-state index contributed by atoms with van der Waals surface area (Å²) in [6.45, 7) is 4.20. The molecule has 0 spiro atoms. The summed E-state index contributed by atoms with van der Waals surface area (Å²) >= 11 is 5.98. The molecule has 2 aromatic heterocycles. The Bertz CT molecular complexity index is 1540. The number of rotatable bonds is 5. The van der Waals surface area contributed by atoms with Gasteiger partial charge in [0.2, 0.25) is 10.9 Å². The number of carbonyl (C=O) groups excluding carboxylic acids is 2. The quantitative estimate of drug-likeness (QED) is 0.434. The minimum Gasteiger partial charge on any atom is -0.462 e. The number of anilines is 1. The number of amides is 1. The zero-order valence-corrected chi connectivity index (χ0v) is 18.7. The first kappa shape index (κ1) is 22.3. The number of benzene rings is 2. The normalized spacial score (nSPS) is 11.0. The Balaban J connectivity index is 1.76. The molecule has 2 heterocycles. The molecule has 0 aliphatic carbocycles. The second-order valence-electron chi connectivity index (χ2n) is 7.29. The molecule has 4 rings (SSSR count). The van der Waals surface area contributed by atoms with E-state index in [1.807, 2.05) is 6.92 Å². The summed E-state index contributed by atoms with van der Waals surface area (Å²) in [5.74, 6) is -1.35. The Labute approximate surface area is 192 Å². The molecule has 1 amide bonds. The number of hydrogen-bond donors (Lipinski definition) is 2. The second-order valence-corrected chi connectivity index (χ2v) is 7.72. The van der Waals surface area contributed by atoms with Crippen LogP contribution in [0.4, 0.5) is 5.69 Å². The summed E-state index contributed by atoms with van der Waals surface area (Å²) < 4.78 is 6.75. The number of aromatic nitrogens is 2. The first-order chi connectivity index (χ1) is 15.8. The predicted octanol–water partition coefficient (Wildman–Crippen LogP) is 3.95. The Kier molecular flexibility index (Phi) is 6.02. The van der Waals surface area contributed by atoms with Crippen LogP contribution in [0, 0.1) is 0 Å². The van der Waals surface area contributed by atoms with Crippen molar-refractivity contribution in [3.63, 3.8) is 0 Å². The maximum Gasteiger partial charge on any atom is 0.343 e. The lowest BCUT2D eigenvalue weighted by atomic mass is 10.1. The number of nitrogens with zero attached hydrogens (tertiary/aromatic N) is 1. The van der Waals surface area contributed by atoms with E-state index >= 15 is 0 Å². The Morgan fingerprint density at radius 3 is 2.52 bits per heavy atom. The SMILES string of the molecule is CCOC(=O)c1cn(CC)c2ccc(NC(=O)c3c[nH]c4ccc(Cl)cc4c3=O)cc2c1=O. The van der Waals surface area contributed by atoms with Gasteiger partial charge in [0.15, 0.2) is 0 Å². The summed E-state index contributed by atoms with van der Waals surface area (Å²) in [6.07, 6.45) is 2.80. The third-order valence-corrected chi connectivity index (χ3v) is 5.50. The maximum atomic E-state index is 13.0. The fraction of sp³-hybridized carbons (Fsp3) is 0.167. The number of halogens is 1. The number of ether oxygens (including phenoxy) is 1. The Morgan fingerprint density at radius 1 is 1.03 bits per heavy atom. The van der Waals surface area contributed by atoms with E-state index in [1.165, 1.54) is 24.5 Å². The highest BCUT2D eigenvalue weighted by Gasteiger charge is 2.18. The molecular weight excluding hydrogens is 446 g/mol. The van der Waals surface area contributed by atoms with E-state index < -0.39 is 22.7 Å². The van der Waals surface area contributed by atoms with Gasteiger partial charge in [-0.25, -0.2) is 4.79 Å². The number of aromatic amines is 1. The van der Waals surface area contributed by atoms with Crippen LogP contribution in [0.2, 0.25) is 5.02 Å². The zero-order chi connectivity index (χ0) is 23.7. The van der Waals surface area contributed by atoms with E-state index in [9.17, 15) is 19.2 Å². The van der Waals surface area contributed by atoms with Crippen LogP contribution in [0.25, 0.3) is 21.8 Å². The number of nitrogens with one attached hydrogen (secondary N) is 2. The molecule has 2 N–H and O–H groups in total. The lowest BCUT2D eigenvalue weighted by Gasteiger charge is -2.13. The molecule has 0 saturated heterocycles. The van der Waals surface area contributed by atoms with E-state index in [0.717, 1.165) is 0 Å². The highest BCUT2D eigenvalue weighted by atomic mass is 35.5. The van der Waals surface area contributed by atoms with E-state index in [2.05, 4.69) is 10.3 Å². The standard InChI is InChI=1S/C24H20ClN3O5/c1-3-28-12-18(24(32)33-4-2)22(30)16-10-14(6-8-20(16)28)27-23(31)17-11-26-19-7-5-13(25)9-15(19)21(17)29/h5-12H,3-4H2,1-2H3,(H,26,29)(H,27,31). The molecule has 4 aromatic rings. The zero-order valence-electron chi connectivity index (χ0n) is 17.9. The molecule has 8 nitrogen and oxygen atoms in total. The maximum absolute atomic E-state index is 13.0. The summed E-state index contributed by atoms with van der Waals surface area (Å²) in [4.78, 5) is 53.8. The van der Waals surface area contributed by atoms with Crippen molar-refractivity contribution in [2.45, 2.75) is 20.4 Å². The number of pyridine rings is 2. The van der Waals surface area contributed by atoms with Crippen LogP contribution in [0.1, 0.15) is 34.6 Å². The molecule has 0 fully saturated rings. The van der Waals surface area contributed by atoms with E-state index in [0.29, 0.717) is 33.7 Å². The fourth-order valence-electron chi connectivity index (χ4n) is 3.65. The van der Waals surface area contributed by atoms with Crippen molar-refractivity contribution in [1.82, 2.24) is 9.55 Å². The molecule has 2 aromatic carbocycles. The molecule has 168 valence electrons. The molecule has 0 saturated carbocycles. The first-order valence-electron chi connectivity index (χ1n) is 10.3. The number of fused-ring (bicyclic) bond motifs is 2. The second kappa shape index (κ2) is 8.91. The average Bonchev–Trinajstić information content (AvgIpc) is 2.80. The van der Waals surface area contributed by atoms with Crippen LogP contribution >= 0.6 is 11.6 Å². The minimum atomic E-state index is -0.706. The van der Waals surface area contributed by atoms with Crippen LogP contribution in [0.5, 0.6) is 0 Å². The van der Waals surface area contributed by atoms with Crippen molar-refractivity contribution in [2.24, 2.45) is 0 Å². The largest absolute Gasteiger partial charge is 0.462 e. The van der Waals surface area contributed by atoms with Gasteiger partial charge in [0, 0.05) is 45.9 Å². The third kappa shape index (κ3) is 4.12. The highest BCUT2D eigenvalue weighted by molar-refractivity contribution is 6.31. The van der Waals surface area contributed by atoms with Gasteiger partial charge in [0.25, 0.3) is 5.91 Å². The summed E-state index contributed by atoms with van der Waals surface area (Å²) in [7, 11) is 0. The summed E-state index contributed by atoms with van der Waals surface area (Å²) in [5.41, 5.74) is 0.308. The van der Waals surface area contributed by atoms with Gasteiger partial charge in [0.1, 0.15) is 11.1 Å². The van der Waals surface area contributed by atoms with Gasteiger partial charge in [-0.05, 0) is 50.2 Å². The van der Waals surface area contributed by atoms with Crippen molar-refractivity contribution >= 4 is 51.0 Å². The van der Waals surface area contributed by atoms with E-state index in [-0.39, 0.29) is 23.1 Å². The fourth-order valence-corrected chi connectivity index (χ4v) is 3.82. The van der Waals surface area contributed by atoms with E-state index in [4.69, 9.17) is 16.3 Å². The smallest absolute Gasteiger partial charge is 0.343 e. The highest BCUT2D eigenvalue weighted by Crippen LogP contribution is 2.20. The van der Waals surface area contributed by atoms with Gasteiger partial charge >= 0.3 is 5.97 Å². The van der Waals surface area contributed by atoms with Crippen molar-refractivity contribution in [3.05, 3.63) is 85.4 Å². The number of hydrogen-bond acceptors (Lipinski definition) is 5. The third-order valence-electron chi connectivity index (χ3n) is 5.26. The first-order valence-corrected chi connectivity index (χ1v) is 10.7. The Morgan fingerprint density at radius 2 is 1.79 bits per heavy atom. The van der Waals surface area contributed by atoms with Crippen LogP contribution in [0.3, 0.4) is 0 Å². The van der Waals surface area contributed by atoms with Gasteiger partial charge in [-0.1, -0.05) is 11.6 Å². The van der Waals surface area contributed by atoms with E-state index in [1.54, 1.807) is 35.8 Å². The molecule has 9 heteroatoms. The number of H-pyrrole nitrogens is 1. The van der Waals surface area contributed by atoms with Crippen LogP contribution in [-0.4, -0.2) is 28.0 Å². The molecule has 33 heavy (non-hydrogen) atoms. The van der Waals surface area contributed by atoms with Gasteiger partial charge < -0.3 is 19.6 Å². The molecule has 0 bridgehead atoms. The van der Waals surface area contributed by atoms with Gasteiger partial charge in [-0.2, -0.15) is 0 Å². The minimum absolute atomic E-state index is 0.0856. The van der Waals surface area contributed by atoms with Gasteiger partial charge in [0.05, 0.1) is 12.1 Å². The summed E-state index contributed by atoms with van der Waals surface area (Å²) in [6, 6.07) is 9.58. The van der Waals surface area contributed by atoms with Crippen LogP contribution in [0.15, 0.2) is 58.4 Å².